The van der Waals surface area contributed by atoms with Crippen LogP contribution >= 0.6 is 23.2 Å². The second-order valence-electron chi connectivity index (χ2n) is 4.14. The van der Waals surface area contributed by atoms with Crippen molar-refractivity contribution in [1.82, 2.24) is 0 Å². The summed E-state index contributed by atoms with van der Waals surface area (Å²) in [5, 5.41) is 1.34. The van der Waals surface area contributed by atoms with Crippen LogP contribution in [-0.4, -0.2) is 8.32 Å². The van der Waals surface area contributed by atoms with E-state index < -0.39 is 8.32 Å². The third-order valence-electron chi connectivity index (χ3n) is 1.68. The molecule has 0 aliphatic rings. The Morgan fingerprint density at radius 1 is 1.21 bits per heavy atom. The molecule has 1 nitrogen and oxygen atoms in total. The predicted molar refractivity (Wildman–Crippen MR) is 64.6 cm³/mol. The van der Waals surface area contributed by atoms with E-state index in [1.54, 1.807) is 6.07 Å². The number of halogens is 2. The summed E-state index contributed by atoms with van der Waals surface area (Å²) in [4.78, 5) is 0. The minimum Gasteiger partial charge on any atom is -0.413 e. The molecule has 0 amide bonds. The Morgan fingerprint density at radius 3 is 2.36 bits per heavy atom. The second-order valence-corrected chi connectivity index (χ2v) is 9.49. The quantitative estimate of drug-likeness (QED) is 0.724. The summed E-state index contributed by atoms with van der Waals surface area (Å²) in [6.45, 7) is 7.02. The fourth-order valence-corrected chi connectivity index (χ4v) is 1.98. The zero-order chi connectivity index (χ0) is 10.8. The number of rotatable bonds is 3. The van der Waals surface area contributed by atoms with Gasteiger partial charge >= 0.3 is 0 Å². The van der Waals surface area contributed by atoms with Gasteiger partial charge in [0.15, 0.2) is 8.32 Å². The Kier molecular flexibility index (Phi) is 4.01. The molecule has 0 heterocycles. The molecule has 0 bridgehead atoms. The highest BCUT2D eigenvalue weighted by Crippen LogP contribution is 2.22. The molecule has 4 heteroatoms. The van der Waals surface area contributed by atoms with Crippen LogP contribution in [0.2, 0.25) is 29.7 Å². The van der Waals surface area contributed by atoms with Gasteiger partial charge in [0.05, 0.1) is 6.61 Å². The van der Waals surface area contributed by atoms with Crippen LogP contribution in [0, 0.1) is 0 Å². The van der Waals surface area contributed by atoms with Crippen LogP contribution in [0.15, 0.2) is 18.2 Å². The first-order chi connectivity index (χ1) is 6.38. The van der Waals surface area contributed by atoms with Crippen LogP contribution in [0.5, 0.6) is 0 Å². The van der Waals surface area contributed by atoms with Crippen molar-refractivity contribution in [2.45, 2.75) is 26.2 Å². The molecule has 0 saturated carbocycles. The lowest BCUT2D eigenvalue weighted by molar-refractivity contribution is 0.299. The SMILES string of the molecule is C[Si](C)(C)OCc1ccc(Cl)cc1Cl. The highest BCUT2D eigenvalue weighted by Gasteiger charge is 2.14. The van der Waals surface area contributed by atoms with E-state index in [-0.39, 0.29) is 0 Å². The fourth-order valence-electron chi connectivity index (χ4n) is 0.933. The van der Waals surface area contributed by atoms with E-state index in [2.05, 4.69) is 19.6 Å². The summed E-state index contributed by atoms with van der Waals surface area (Å²) in [7, 11) is -1.47. The number of hydrogen-bond acceptors (Lipinski definition) is 1. The lowest BCUT2D eigenvalue weighted by atomic mass is 10.2. The standard InChI is InChI=1S/C10H14Cl2OSi/c1-14(2,3)13-7-8-4-5-9(11)6-10(8)12/h4-6H,7H2,1-3H3. The van der Waals surface area contributed by atoms with Gasteiger partial charge in [0.25, 0.3) is 0 Å². The fraction of sp³-hybridized carbons (Fsp3) is 0.400. The maximum atomic E-state index is 6.01. The Balaban J connectivity index is 2.68. The molecular weight excluding hydrogens is 235 g/mol. The minimum atomic E-state index is -1.47. The van der Waals surface area contributed by atoms with Gasteiger partial charge in [-0.05, 0) is 37.3 Å². The van der Waals surface area contributed by atoms with Gasteiger partial charge in [-0.15, -0.1) is 0 Å². The van der Waals surface area contributed by atoms with Gasteiger partial charge in [0, 0.05) is 10.0 Å². The molecule has 0 radical (unpaired) electrons. The van der Waals surface area contributed by atoms with Gasteiger partial charge in [-0.2, -0.15) is 0 Å². The van der Waals surface area contributed by atoms with Gasteiger partial charge in [-0.25, -0.2) is 0 Å². The van der Waals surface area contributed by atoms with Crippen LogP contribution in [-0.2, 0) is 11.0 Å². The molecule has 0 saturated heterocycles. The van der Waals surface area contributed by atoms with Crippen LogP contribution in [0.25, 0.3) is 0 Å². The molecule has 0 atom stereocenters. The minimum absolute atomic E-state index is 0.575. The van der Waals surface area contributed by atoms with E-state index in [9.17, 15) is 0 Å². The summed E-state index contributed by atoms with van der Waals surface area (Å²) in [5.74, 6) is 0. The molecular formula is C10H14Cl2OSi. The van der Waals surface area contributed by atoms with Gasteiger partial charge in [0.2, 0.25) is 0 Å². The maximum Gasteiger partial charge on any atom is 0.184 e. The average Bonchev–Trinajstić information content (AvgIpc) is 2.00. The molecule has 0 aliphatic carbocycles. The lowest BCUT2D eigenvalue weighted by Gasteiger charge is -2.17. The van der Waals surface area contributed by atoms with E-state index in [1.807, 2.05) is 12.1 Å². The van der Waals surface area contributed by atoms with Crippen molar-refractivity contribution in [1.29, 1.82) is 0 Å². The normalized spacial score (nSPS) is 11.8. The zero-order valence-electron chi connectivity index (χ0n) is 8.60. The van der Waals surface area contributed by atoms with Crippen molar-refractivity contribution in [3.05, 3.63) is 33.8 Å². The molecule has 0 spiro atoms. The van der Waals surface area contributed by atoms with Crippen molar-refractivity contribution in [2.24, 2.45) is 0 Å². The highest BCUT2D eigenvalue weighted by atomic mass is 35.5. The molecule has 0 N–H and O–H groups in total. The smallest absolute Gasteiger partial charge is 0.184 e. The van der Waals surface area contributed by atoms with E-state index in [1.165, 1.54) is 0 Å². The molecule has 0 aromatic heterocycles. The molecule has 0 aliphatic heterocycles. The highest BCUT2D eigenvalue weighted by molar-refractivity contribution is 6.69. The van der Waals surface area contributed by atoms with Gasteiger partial charge in [-0.3, -0.25) is 0 Å². The van der Waals surface area contributed by atoms with Crippen molar-refractivity contribution < 1.29 is 4.43 Å². The van der Waals surface area contributed by atoms with Crippen LogP contribution < -0.4 is 0 Å². The third kappa shape index (κ3) is 4.01. The van der Waals surface area contributed by atoms with Gasteiger partial charge in [0.1, 0.15) is 0 Å². The Hall–Kier alpha value is -0.0231. The van der Waals surface area contributed by atoms with Crippen molar-refractivity contribution in [3.8, 4) is 0 Å². The van der Waals surface area contributed by atoms with E-state index in [4.69, 9.17) is 27.6 Å². The van der Waals surface area contributed by atoms with Crippen molar-refractivity contribution >= 4 is 31.5 Å². The summed E-state index contributed by atoms with van der Waals surface area (Å²) >= 11 is 11.8. The van der Waals surface area contributed by atoms with Crippen LogP contribution in [0.1, 0.15) is 5.56 Å². The monoisotopic (exact) mass is 248 g/mol. The zero-order valence-corrected chi connectivity index (χ0v) is 11.1. The van der Waals surface area contributed by atoms with E-state index in [0.29, 0.717) is 16.7 Å². The third-order valence-corrected chi connectivity index (χ3v) is 3.27. The Morgan fingerprint density at radius 2 is 1.86 bits per heavy atom. The Labute approximate surface area is 96.1 Å². The largest absolute Gasteiger partial charge is 0.413 e. The Bertz CT molecular complexity index is 320. The first-order valence-corrected chi connectivity index (χ1v) is 8.63. The van der Waals surface area contributed by atoms with Crippen molar-refractivity contribution in [3.63, 3.8) is 0 Å². The molecule has 14 heavy (non-hydrogen) atoms. The predicted octanol–water partition coefficient (Wildman–Crippen LogP) is 4.34. The van der Waals surface area contributed by atoms with Crippen LogP contribution in [0.3, 0.4) is 0 Å². The van der Waals surface area contributed by atoms with Gasteiger partial charge < -0.3 is 4.43 Å². The summed E-state index contributed by atoms with van der Waals surface area (Å²) in [6, 6.07) is 5.48. The topological polar surface area (TPSA) is 9.23 Å². The first-order valence-electron chi connectivity index (χ1n) is 4.46. The average molecular weight is 249 g/mol. The summed E-state index contributed by atoms with van der Waals surface area (Å²) < 4.78 is 5.75. The molecule has 1 rings (SSSR count). The maximum absolute atomic E-state index is 6.01. The van der Waals surface area contributed by atoms with E-state index in [0.717, 1.165) is 5.56 Å². The van der Waals surface area contributed by atoms with Gasteiger partial charge in [-0.1, -0.05) is 29.3 Å². The first kappa shape index (κ1) is 12.0. The van der Waals surface area contributed by atoms with Crippen LogP contribution in [0.4, 0.5) is 0 Å². The number of benzene rings is 1. The summed E-state index contributed by atoms with van der Waals surface area (Å²) in [6.07, 6.45) is 0. The van der Waals surface area contributed by atoms with Crippen molar-refractivity contribution in [2.75, 3.05) is 0 Å². The van der Waals surface area contributed by atoms with E-state index >= 15 is 0 Å². The molecule has 1 aromatic carbocycles. The number of hydrogen-bond donors (Lipinski definition) is 0. The molecule has 0 unspecified atom stereocenters. The molecule has 1 aromatic rings. The molecule has 0 fully saturated rings. The second kappa shape index (κ2) is 4.66. The summed E-state index contributed by atoms with van der Waals surface area (Å²) in [5.41, 5.74) is 0.999. The molecule has 78 valence electrons. The lowest BCUT2D eigenvalue weighted by Crippen LogP contribution is -2.24.